The molecule has 16 heteroatoms. The van der Waals surface area contributed by atoms with E-state index in [9.17, 15) is 62.6 Å². The van der Waals surface area contributed by atoms with Crippen LogP contribution in [0.15, 0.2) is 36.4 Å². The van der Waals surface area contributed by atoms with Gasteiger partial charge in [0.1, 0.15) is 0 Å². The van der Waals surface area contributed by atoms with Crippen LogP contribution in [0.5, 0.6) is 0 Å². The quantitative estimate of drug-likeness (QED) is 0.293. The van der Waals surface area contributed by atoms with Crippen molar-refractivity contribution < 1.29 is 62.6 Å². The normalized spacial score (nSPS) is 14.6. The Morgan fingerprint density at radius 3 is 1.72 bits per heavy atom. The van der Waals surface area contributed by atoms with Crippen molar-refractivity contribution >= 4 is 11.6 Å². The predicted molar refractivity (Wildman–Crippen MR) is 113 cm³/mol. The van der Waals surface area contributed by atoms with Gasteiger partial charge in [-0.05, 0) is 47.9 Å². The number of amides is 1. The highest BCUT2D eigenvalue weighted by atomic mass is 19.4. The van der Waals surface area contributed by atoms with Crippen LogP contribution in [0.3, 0.4) is 0 Å². The maximum absolute atomic E-state index is 13.8. The Bertz CT molecular complexity index is 1140. The summed E-state index contributed by atoms with van der Waals surface area (Å²) in [4.78, 5) is 11.6. The van der Waals surface area contributed by atoms with Gasteiger partial charge in [-0.25, -0.2) is 0 Å². The van der Waals surface area contributed by atoms with Crippen molar-refractivity contribution in [1.29, 1.82) is 0 Å². The molecule has 0 saturated heterocycles. The highest BCUT2D eigenvalue weighted by molar-refractivity contribution is 5.75. The standard InChI is InChI=1S/C23H20F12N2O2/c1-2-3-18(38)36-10-12-4-5-16(9-17(12)22(30,31)32)37-11-19(39,23(33,34)35)13-6-14(20(24,25)26)8-15(7-13)21(27,28)29/h4-9,37,39H,2-3,10-11H2,1H3,(H,36,38)/t19-/m1/s1. The van der Waals surface area contributed by atoms with E-state index in [4.69, 9.17) is 0 Å². The van der Waals surface area contributed by atoms with Gasteiger partial charge in [0.2, 0.25) is 11.5 Å². The zero-order valence-corrected chi connectivity index (χ0v) is 19.7. The Hall–Kier alpha value is -3.17. The predicted octanol–water partition coefficient (Wildman–Crippen LogP) is 7.02. The first-order valence-electron chi connectivity index (χ1n) is 10.9. The van der Waals surface area contributed by atoms with E-state index in [1.165, 1.54) is 0 Å². The molecule has 2 aromatic carbocycles. The van der Waals surface area contributed by atoms with Crippen molar-refractivity contribution in [3.63, 3.8) is 0 Å². The summed E-state index contributed by atoms with van der Waals surface area (Å²) in [6.45, 7) is -0.795. The van der Waals surface area contributed by atoms with Crippen LogP contribution >= 0.6 is 0 Å². The SMILES string of the molecule is CCCC(=O)NCc1ccc(NC[C@@](O)(c2cc(C(F)(F)F)cc(C(F)(F)F)c2)C(F)(F)F)cc1C(F)(F)F. The molecule has 1 atom stereocenters. The van der Waals surface area contributed by atoms with Crippen LogP contribution in [0.2, 0.25) is 0 Å². The highest BCUT2D eigenvalue weighted by Crippen LogP contribution is 2.44. The summed E-state index contributed by atoms with van der Waals surface area (Å²) in [7, 11) is 0. The number of alkyl halides is 12. The molecule has 0 aliphatic heterocycles. The molecule has 0 bridgehead atoms. The van der Waals surface area contributed by atoms with E-state index in [1.54, 1.807) is 6.92 Å². The molecular formula is C23H20F12N2O2. The van der Waals surface area contributed by atoms with Gasteiger partial charge in [-0.15, -0.1) is 0 Å². The molecule has 218 valence electrons. The molecule has 1 amide bonds. The second-order valence-corrected chi connectivity index (χ2v) is 8.40. The van der Waals surface area contributed by atoms with Gasteiger partial charge in [0.15, 0.2) is 0 Å². The van der Waals surface area contributed by atoms with Crippen molar-refractivity contribution in [3.05, 3.63) is 64.2 Å². The van der Waals surface area contributed by atoms with Gasteiger partial charge in [-0.2, -0.15) is 52.7 Å². The molecule has 0 aromatic heterocycles. The van der Waals surface area contributed by atoms with Crippen LogP contribution in [0.4, 0.5) is 58.4 Å². The van der Waals surface area contributed by atoms with Crippen molar-refractivity contribution in [3.8, 4) is 0 Å². The van der Waals surface area contributed by atoms with Gasteiger partial charge >= 0.3 is 24.7 Å². The van der Waals surface area contributed by atoms with Gasteiger partial charge < -0.3 is 15.7 Å². The lowest BCUT2D eigenvalue weighted by Gasteiger charge is -2.32. The average Bonchev–Trinajstić information content (AvgIpc) is 2.78. The number of carbonyl (C=O) groups is 1. The van der Waals surface area contributed by atoms with Crippen LogP contribution in [-0.4, -0.2) is 23.7 Å². The fourth-order valence-corrected chi connectivity index (χ4v) is 3.40. The summed E-state index contributed by atoms with van der Waals surface area (Å²) in [5.74, 6) is -0.567. The maximum Gasteiger partial charge on any atom is 0.423 e. The minimum absolute atomic E-state index is 0.0165. The van der Waals surface area contributed by atoms with E-state index in [2.05, 4.69) is 5.32 Å². The monoisotopic (exact) mass is 584 g/mol. The number of rotatable bonds is 8. The molecule has 2 rings (SSSR count). The summed E-state index contributed by atoms with van der Waals surface area (Å²) in [6.07, 6.45) is -21.6. The number of hydrogen-bond donors (Lipinski definition) is 3. The Labute approximate surface area is 213 Å². The Kier molecular flexibility index (Phi) is 9.15. The number of halogens is 12. The fourth-order valence-electron chi connectivity index (χ4n) is 3.40. The summed E-state index contributed by atoms with van der Waals surface area (Å²) in [6, 6.07) is 0.866. The van der Waals surface area contributed by atoms with Gasteiger partial charge in [0, 0.05) is 18.7 Å². The van der Waals surface area contributed by atoms with E-state index in [0.717, 1.165) is 12.1 Å². The lowest BCUT2D eigenvalue weighted by atomic mass is 9.89. The molecule has 0 spiro atoms. The average molecular weight is 584 g/mol. The smallest absolute Gasteiger partial charge is 0.381 e. The van der Waals surface area contributed by atoms with Crippen LogP contribution in [0, 0.1) is 0 Å². The third-order valence-electron chi connectivity index (χ3n) is 5.45. The largest absolute Gasteiger partial charge is 0.423 e. The van der Waals surface area contributed by atoms with Crippen molar-refractivity contribution in [2.24, 2.45) is 0 Å². The third-order valence-corrected chi connectivity index (χ3v) is 5.45. The molecule has 4 nitrogen and oxygen atoms in total. The fraction of sp³-hybridized carbons (Fsp3) is 0.435. The second kappa shape index (κ2) is 11.1. The Morgan fingerprint density at radius 2 is 1.28 bits per heavy atom. The van der Waals surface area contributed by atoms with Crippen molar-refractivity contribution in [2.75, 3.05) is 11.9 Å². The van der Waals surface area contributed by atoms with Crippen LogP contribution < -0.4 is 10.6 Å². The second-order valence-electron chi connectivity index (χ2n) is 8.40. The minimum Gasteiger partial charge on any atom is -0.381 e. The number of aliphatic hydroxyl groups is 1. The van der Waals surface area contributed by atoms with Gasteiger partial charge in [0.25, 0.3) is 0 Å². The summed E-state index contributed by atoms with van der Waals surface area (Å²) in [5.41, 5.74) is -13.1. The highest BCUT2D eigenvalue weighted by Gasteiger charge is 2.56. The lowest BCUT2D eigenvalue weighted by Crippen LogP contribution is -2.48. The zero-order valence-electron chi connectivity index (χ0n) is 19.7. The Balaban J connectivity index is 2.51. The van der Waals surface area contributed by atoms with Crippen LogP contribution in [0.25, 0.3) is 0 Å². The molecule has 0 saturated carbocycles. The number of hydrogen-bond acceptors (Lipinski definition) is 3. The summed E-state index contributed by atoms with van der Waals surface area (Å²) >= 11 is 0. The summed E-state index contributed by atoms with van der Waals surface area (Å²) in [5, 5.41) is 14.4. The van der Waals surface area contributed by atoms with E-state index in [1.807, 2.05) is 5.32 Å². The maximum atomic E-state index is 13.8. The Morgan fingerprint density at radius 1 is 0.769 bits per heavy atom. The molecule has 39 heavy (non-hydrogen) atoms. The van der Waals surface area contributed by atoms with Crippen LogP contribution in [-0.2, 0) is 35.5 Å². The molecule has 0 unspecified atom stereocenters. The van der Waals surface area contributed by atoms with E-state index < -0.39 is 88.9 Å². The lowest BCUT2D eigenvalue weighted by molar-refractivity contribution is -0.261. The molecule has 0 fully saturated rings. The van der Waals surface area contributed by atoms with Crippen molar-refractivity contribution in [1.82, 2.24) is 5.32 Å². The van der Waals surface area contributed by atoms with Gasteiger partial charge in [0.05, 0.1) is 23.2 Å². The van der Waals surface area contributed by atoms with E-state index >= 15 is 0 Å². The first-order chi connectivity index (χ1) is 17.6. The first-order valence-corrected chi connectivity index (χ1v) is 10.9. The van der Waals surface area contributed by atoms with E-state index in [0.29, 0.717) is 12.5 Å². The molecule has 0 heterocycles. The summed E-state index contributed by atoms with van der Waals surface area (Å²) < 4.78 is 161. The van der Waals surface area contributed by atoms with Gasteiger partial charge in [-0.1, -0.05) is 13.0 Å². The third kappa shape index (κ3) is 7.92. The minimum atomic E-state index is -5.87. The van der Waals surface area contributed by atoms with Gasteiger partial charge in [-0.3, -0.25) is 4.79 Å². The number of anilines is 1. The molecule has 0 radical (unpaired) electrons. The molecule has 0 aliphatic carbocycles. The van der Waals surface area contributed by atoms with Crippen molar-refractivity contribution in [2.45, 2.75) is 56.6 Å². The molecule has 2 aromatic rings. The zero-order chi connectivity index (χ0) is 30.0. The first kappa shape index (κ1) is 32.0. The number of benzene rings is 2. The number of nitrogens with one attached hydrogen (secondary N) is 2. The van der Waals surface area contributed by atoms with Crippen LogP contribution in [0.1, 0.15) is 47.6 Å². The molecular weight excluding hydrogens is 564 g/mol. The topological polar surface area (TPSA) is 61.4 Å². The molecule has 0 aliphatic rings. The van der Waals surface area contributed by atoms with E-state index in [-0.39, 0.29) is 18.6 Å². The number of carbonyl (C=O) groups excluding carboxylic acids is 1. The molecule has 3 N–H and O–H groups in total.